The summed E-state index contributed by atoms with van der Waals surface area (Å²) in [6.45, 7) is 0. The number of benzene rings is 2. The van der Waals surface area contributed by atoms with Gasteiger partial charge in [0, 0.05) is 0 Å². The molecule has 27 heavy (non-hydrogen) atoms. The Hall–Kier alpha value is -2.18. The van der Waals surface area contributed by atoms with Crippen molar-refractivity contribution >= 4 is 15.7 Å². The van der Waals surface area contributed by atoms with Crippen LogP contribution in [0.25, 0.3) is 11.1 Å². The van der Waals surface area contributed by atoms with Crippen LogP contribution in [-0.2, 0) is 21.1 Å². The first kappa shape index (κ1) is 19.6. The van der Waals surface area contributed by atoms with E-state index in [1.54, 1.807) is 5.48 Å². The van der Waals surface area contributed by atoms with Crippen LogP contribution in [0.1, 0.15) is 31.2 Å². The van der Waals surface area contributed by atoms with Gasteiger partial charge in [-0.25, -0.2) is 13.9 Å². The van der Waals surface area contributed by atoms with Gasteiger partial charge in [-0.05, 0) is 36.0 Å². The van der Waals surface area contributed by atoms with Gasteiger partial charge in [-0.2, -0.15) is 0 Å². The van der Waals surface area contributed by atoms with Crippen LogP contribution in [0.4, 0.5) is 0 Å². The quantitative estimate of drug-likeness (QED) is 0.588. The Morgan fingerprint density at radius 2 is 1.59 bits per heavy atom. The number of hydrogen-bond acceptors (Lipinski definition) is 4. The molecule has 1 saturated carbocycles. The van der Waals surface area contributed by atoms with Crippen LogP contribution >= 0.6 is 0 Å². The first-order valence-electron chi connectivity index (χ1n) is 9.31. The molecule has 144 valence electrons. The van der Waals surface area contributed by atoms with E-state index in [4.69, 9.17) is 5.21 Å². The molecular weight excluding hydrogens is 362 g/mol. The summed E-state index contributed by atoms with van der Waals surface area (Å²) in [5.74, 6) is -1.23. The van der Waals surface area contributed by atoms with Crippen LogP contribution < -0.4 is 5.48 Å². The molecule has 1 aliphatic carbocycles. The summed E-state index contributed by atoms with van der Waals surface area (Å²) in [6.07, 6.45) is 3.01. The van der Waals surface area contributed by atoms with Crippen LogP contribution in [0.2, 0.25) is 0 Å². The number of aryl methyl sites for hydroxylation is 1. The lowest BCUT2D eigenvalue weighted by atomic mass is 9.88. The van der Waals surface area contributed by atoms with E-state index in [1.165, 1.54) is 0 Å². The molecule has 5 nitrogen and oxygen atoms in total. The maximum Gasteiger partial charge on any atom is 0.247 e. The molecule has 2 aromatic carbocycles. The summed E-state index contributed by atoms with van der Waals surface area (Å²) >= 11 is 0. The van der Waals surface area contributed by atoms with Crippen molar-refractivity contribution < 1.29 is 18.4 Å². The van der Waals surface area contributed by atoms with Crippen LogP contribution in [-0.4, -0.2) is 30.5 Å². The van der Waals surface area contributed by atoms with E-state index in [0.717, 1.165) is 29.5 Å². The summed E-state index contributed by atoms with van der Waals surface area (Å²) in [6, 6.07) is 17.9. The van der Waals surface area contributed by atoms with Gasteiger partial charge in [-0.1, -0.05) is 67.4 Å². The van der Waals surface area contributed by atoms with Crippen molar-refractivity contribution in [1.82, 2.24) is 5.48 Å². The average Bonchev–Trinajstić information content (AvgIpc) is 2.73. The van der Waals surface area contributed by atoms with E-state index >= 15 is 0 Å². The largest absolute Gasteiger partial charge is 0.289 e. The third-order valence-corrected chi connectivity index (χ3v) is 7.61. The zero-order valence-electron chi connectivity index (χ0n) is 15.2. The van der Waals surface area contributed by atoms with Gasteiger partial charge in [0.25, 0.3) is 0 Å². The number of hydrogen-bond donors (Lipinski definition) is 2. The monoisotopic (exact) mass is 387 g/mol. The second-order valence-electron chi connectivity index (χ2n) is 7.09. The number of carbonyl (C=O) groups excluding carboxylic acids is 1. The molecule has 2 N–H and O–H groups in total. The fourth-order valence-electron chi connectivity index (χ4n) is 3.82. The molecule has 0 saturated heterocycles. The Labute approximate surface area is 160 Å². The highest BCUT2D eigenvalue weighted by molar-refractivity contribution is 7.92. The number of sulfone groups is 1. The van der Waals surface area contributed by atoms with Crippen LogP contribution in [0.15, 0.2) is 54.6 Å². The summed E-state index contributed by atoms with van der Waals surface area (Å²) in [7, 11) is -3.42. The Balaban J connectivity index is 1.67. The van der Waals surface area contributed by atoms with Gasteiger partial charge in [-0.15, -0.1) is 0 Å². The third kappa shape index (κ3) is 4.76. The first-order valence-corrected chi connectivity index (χ1v) is 11.0. The van der Waals surface area contributed by atoms with Crippen LogP contribution in [0.5, 0.6) is 0 Å². The molecule has 6 heteroatoms. The first-order chi connectivity index (χ1) is 13.0. The molecule has 0 heterocycles. The average molecular weight is 388 g/mol. The van der Waals surface area contributed by atoms with Crippen molar-refractivity contribution in [3.63, 3.8) is 0 Å². The maximum absolute atomic E-state index is 12.8. The predicted octanol–water partition coefficient (Wildman–Crippen LogP) is 3.38. The lowest BCUT2D eigenvalue weighted by Gasteiger charge is -2.29. The summed E-state index contributed by atoms with van der Waals surface area (Å²) in [4.78, 5) is 11.8. The second-order valence-corrected chi connectivity index (χ2v) is 9.42. The van der Waals surface area contributed by atoms with Crippen molar-refractivity contribution in [3.05, 3.63) is 60.2 Å². The van der Waals surface area contributed by atoms with Gasteiger partial charge in [0.15, 0.2) is 9.84 Å². The summed E-state index contributed by atoms with van der Waals surface area (Å²) in [5.41, 5.74) is 4.80. The molecule has 2 unspecified atom stereocenters. The highest BCUT2D eigenvalue weighted by Gasteiger charge is 2.39. The lowest BCUT2D eigenvalue weighted by Crippen LogP contribution is -2.43. The van der Waals surface area contributed by atoms with Crippen molar-refractivity contribution in [1.29, 1.82) is 0 Å². The summed E-state index contributed by atoms with van der Waals surface area (Å²) < 4.78 is 25.6. The number of rotatable bonds is 6. The molecule has 2 atom stereocenters. The Morgan fingerprint density at radius 1 is 0.963 bits per heavy atom. The SMILES string of the molecule is O=C(NO)C1CCCCC1S(=O)(=O)CCc1ccc(-c2ccccc2)cc1. The van der Waals surface area contributed by atoms with Crippen molar-refractivity contribution in [2.24, 2.45) is 5.92 Å². The second kappa shape index (κ2) is 8.67. The molecule has 1 aliphatic rings. The normalized spacial score (nSPS) is 20.2. The molecule has 3 rings (SSSR count). The van der Waals surface area contributed by atoms with E-state index in [-0.39, 0.29) is 5.75 Å². The smallest absolute Gasteiger partial charge is 0.247 e. The lowest BCUT2D eigenvalue weighted by molar-refractivity contribution is -0.134. The number of carbonyl (C=O) groups is 1. The van der Waals surface area contributed by atoms with E-state index in [0.29, 0.717) is 19.3 Å². The van der Waals surface area contributed by atoms with Gasteiger partial charge in [-0.3, -0.25) is 10.0 Å². The number of nitrogens with one attached hydrogen (secondary N) is 1. The Morgan fingerprint density at radius 3 is 2.26 bits per heavy atom. The fraction of sp³-hybridized carbons (Fsp3) is 0.381. The zero-order valence-corrected chi connectivity index (χ0v) is 16.0. The predicted molar refractivity (Wildman–Crippen MR) is 105 cm³/mol. The van der Waals surface area contributed by atoms with E-state index in [1.807, 2.05) is 54.6 Å². The van der Waals surface area contributed by atoms with E-state index < -0.39 is 26.9 Å². The highest BCUT2D eigenvalue weighted by Crippen LogP contribution is 2.31. The molecule has 0 aromatic heterocycles. The minimum absolute atomic E-state index is 0.0115. The van der Waals surface area contributed by atoms with Crippen molar-refractivity contribution in [2.75, 3.05) is 5.75 Å². The fourth-order valence-corrected chi connectivity index (χ4v) is 5.92. The molecular formula is C21H25NO4S. The van der Waals surface area contributed by atoms with Gasteiger partial charge < -0.3 is 0 Å². The van der Waals surface area contributed by atoms with Gasteiger partial charge >= 0.3 is 0 Å². The van der Waals surface area contributed by atoms with Gasteiger partial charge in [0.2, 0.25) is 5.91 Å². The number of hydroxylamine groups is 1. The minimum Gasteiger partial charge on any atom is -0.289 e. The molecule has 0 aliphatic heterocycles. The molecule has 2 aromatic rings. The molecule has 0 bridgehead atoms. The molecule has 1 amide bonds. The standard InChI is InChI=1S/C21H25NO4S/c23-21(22-24)19-8-4-5-9-20(19)27(25,26)15-14-16-10-12-18(13-11-16)17-6-2-1-3-7-17/h1-3,6-7,10-13,19-20,24H,4-5,8-9,14-15H2,(H,22,23). The molecule has 0 spiro atoms. The van der Waals surface area contributed by atoms with Gasteiger partial charge in [0.1, 0.15) is 0 Å². The maximum atomic E-state index is 12.8. The van der Waals surface area contributed by atoms with Crippen LogP contribution in [0, 0.1) is 5.92 Å². The van der Waals surface area contributed by atoms with E-state index in [9.17, 15) is 13.2 Å². The topological polar surface area (TPSA) is 83.5 Å². The van der Waals surface area contributed by atoms with Crippen molar-refractivity contribution in [3.8, 4) is 11.1 Å². The Kier molecular flexibility index (Phi) is 6.29. The van der Waals surface area contributed by atoms with Gasteiger partial charge in [0.05, 0.1) is 16.9 Å². The summed E-state index contributed by atoms with van der Waals surface area (Å²) in [5, 5.41) is 8.20. The molecule has 1 fully saturated rings. The van der Waals surface area contributed by atoms with Crippen LogP contribution in [0.3, 0.4) is 0 Å². The molecule has 0 radical (unpaired) electrons. The zero-order chi connectivity index (χ0) is 19.3. The minimum atomic E-state index is -3.42. The number of amides is 1. The Bertz CT molecular complexity index is 863. The van der Waals surface area contributed by atoms with E-state index in [2.05, 4.69) is 0 Å². The third-order valence-electron chi connectivity index (χ3n) is 5.35. The highest BCUT2D eigenvalue weighted by atomic mass is 32.2. The van der Waals surface area contributed by atoms with Crippen molar-refractivity contribution in [2.45, 2.75) is 37.4 Å².